The summed E-state index contributed by atoms with van der Waals surface area (Å²) in [5.41, 5.74) is 6.05. The maximum Gasteiger partial charge on any atom is 0.311 e. The predicted molar refractivity (Wildman–Crippen MR) is 133 cm³/mol. The van der Waals surface area contributed by atoms with Gasteiger partial charge in [0, 0.05) is 28.9 Å². The molecule has 0 bridgehead atoms. The van der Waals surface area contributed by atoms with Crippen LogP contribution < -0.4 is 16.2 Å². The molecule has 188 valence electrons. The summed E-state index contributed by atoms with van der Waals surface area (Å²) in [6.07, 6.45) is 7.78. The molecule has 36 heavy (non-hydrogen) atoms. The highest BCUT2D eigenvalue weighted by atomic mass is 16.6. The molecule has 0 radical (unpaired) electrons. The molecule has 1 saturated carbocycles. The van der Waals surface area contributed by atoms with Crippen molar-refractivity contribution in [3.63, 3.8) is 0 Å². The molecule has 3 aromatic rings. The Morgan fingerprint density at radius 3 is 2.42 bits per heavy atom. The van der Waals surface area contributed by atoms with Crippen LogP contribution in [0.3, 0.4) is 0 Å². The highest BCUT2D eigenvalue weighted by Crippen LogP contribution is 2.30. The highest BCUT2D eigenvalue weighted by molar-refractivity contribution is 6.01. The smallest absolute Gasteiger partial charge is 0.311 e. The lowest BCUT2D eigenvalue weighted by Gasteiger charge is -2.29. The van der Waals surface area contributed by atoms with Gasteiger partial charge in [-0.15, -0.1) is 0 Å². The van der Waals surface area contributed by atoms with Crippen LogP contribution in [0.2, 0.25) is 0 Å². The molecule has 0 unspecified atom stereocenters. The van der Waals surface area contributed by atoms with E-state index in [0.717, 1.165) is 23.4 Å². The molecule has 4 rings (SSSR count). The lowest BCUT2D eigenvalue weighted by atomic mass is 9.84. The molecule has 1 aliphatic rings. The van der Waals surface area contributed by atoms with Gasteiger partial charge in [-0.05, 0) is 61.6 Å². The zero-order chi connectivity index (χ0) is 25.7. The van der Waals surface area contributed by atoms with Gasteiger partial charge in [0.15, 0.2) is 5.75 Å². The maximum atomic E-state index is 12.7. The molecule has 2 amide bonds. The van der Waals surface area contributed by atoms with E-state index in [1.807, 2.05) is 24.3 Å². The summed E-state index contributed by atoms with van der Waals surface area (Å²) in [6, 6.07) is 12.9. The normalized spacial score (nSPS) is 14.6. The van der Waals surface area contributed by atoms with Crippen molar-refractivity contribution < 1.29 is 24.0 Å². The van der Waals surface area contributed by atoms with Gasteiger partial charge in [0.1, 0.15) is 0 Å². The lowest BCUT2D eigenvalue weighted by molar-refractivity contribution is -0.385. The number of anilines is 1. The van der Waals surface area contributed by atoms with Crippen molar-refractivity contribution in [2.75, 3.05) is 5.32 Å². The zero-order valence-corrected chi connectivity index (χ0v) is 19.8. The summed E-state index contributed by atoms with van der Waals surface area (Å²) >= 11 is 0. The fourth-order valence-corrected chi connectivity index (χ4v) is 4.53. The Bertz CT molecular complexity index is 1250. The molecular formula is C26H28N4O6. The van der Waals surface area contributed by atoms with Crippen molar-refractivity contribution >= 4 is 23.2 Å². The number of rotatable bonds is 7. The van der Waals surface area contributed by atoms with Crippen LogP contribution in [0.15, 0.2) is 59.2 Å². The van der Waals surface area contributed by atoms with Gasteiger partial charge in [-0.3, -0.25) is 30.6 Å². The number of carbonyl (C=O) groups is 2. The first-order chi connectivity index (χ1) is 17.3. The standard InChI is InChI=1S/C26H28N4O6/c1-16(17-5-3-2-4-6-17)27-20-10-7-18(8-11-20)21-13-14-36-24(21)26(33)29-28-25(32)19-9-12-23(31)22(15-19)30(34)35/h7-17,27,31H,2-6H2,1H3,(H,28,32)(H,29,33)/t16-/m0/s1. The predicted octanol–water partition coefficient (Wildman–Crippen LogP) is 5.02. The minimum atomic E-state index is -0.808. The molecule has 1 atom stereocenters. The number of aromatic hydroxyl groups is 1. The Labute approximate surface area is 207 Å². The van der Waals surface area contributed by atoms with Gasteiger partial charge in [-0.2, -0.15) is 0 Å². The maximum absolute atomic E-state index is 12.7. The van der Waals surface area contributed by atoms with Crippen molar-refractivity contribution in [1.29, 1.82) is 0 Å². The van der Waals surface area contributed by atoms with E-state index in [1.54, 1.807) is 6.07 Å². The average molecular weight is 493 g/mol. The van der Waals surface area contributed by atoms with Crippen molar-refractivity contribution in [3.8, 4) is 16.9 Å². The van der Waals surface area contributed by atoms with E-state index < -0.39 is 28.2 Å². The number of nitrogens with zero attached hydrogens (tertiary/aromatic N) is 1. The first-order valence-electron chi connectivity index (χ1n) is 11.9. The summed E-state index contributed by atoms with van der Waals surface area (Å²) in [7, 11) is 0. The van der Waals surface area contributed by atoms with Gasteiger partial charge in [0.25, 0.3) is 5.91 Å². The Balaban J connectivity index is 1.38. The van der Waals surface area contributed by atoms with Crippen molar-refractivity contribution in [1.82, 2.24) is 10.9 Å². The summed E-state index contributed by atoms with van der Waals surface area (Å²) in [6.45, 7) is 2.22. The summed E-state index contributed by atoms with van der Waals surface area (Å²) in [5, 5.41) is 24.1. The van der Waals surface area contributed by atoms with Gasteiger partial charge in [0.2, 0.25) is 5.76 Å². The van der Waals surface area contributed by atoms with E-state index in [-0.39, 0.29) is 11.3 Å². The van der Waals surface area contributed by atoms with Crippen LogP contribution >= 0.6 is 0 Å². The van der Waals surface area contributed by atoms with Gasteiger partial charge in [-0.1, -0.05) is 31.4 Å². The number of nitrogens with one attached hydrogen (secondary N) is 3. The monoisotopic (exact) mass is 492 g/mol. The van der Waals surface area contributed by atoms with E-state index in [1.165, 1.54) is 44.4 Å². The van der Waals surface area contributed by atoms with Crippen molar-refractivity contribution in [3.05, 3.63) is 76.2 Å². The van der Waals surface area contributed by atoms with Crippen LogP contribution in [0, 0.1) is 16.0 Å². The van der Waals surface area contributed by atoms with E-state index in [4.69, 9.17) is 4.42 Å². The fourth-order valence-electron chi connectivity index (χ4n) is 4.53. The molecule has 0 aliphatic heterocycles. The van der Waals surface area contributed by atoms with Crippen molar-refractivity contribution in [2.45, 2.75) is 45.1 Å². The first-order valence-corrected chi connectivity index (χ1v) is 11.9. The van der Waals surface area contributed by atoms with E-state index in [0.29, 0.717) is 17.5 Å². The lowest BCUT2D eigenvalue weighted by Crippen LogP contribution is -2.41. The van der Waals surface area contributed by atoms with Crippen LogP contribution in [0.1, 0.15) is 59.9 Å². The molecule has 0 saturated heterocycles. The number of hydrogen-bond donors (Lipinski definition) is 4. The van der Waals surface area contributed by atoms with Crippen molar-refractivity contribution in [2.24, 2.45) is 5.92 Å². The minimum Gasteiger partial charge on any atom is -0.502 e. The van der Waals surface area contributed by atoms with E-state index >= 15 is 0 Å². The second kappa shape index (κ2) is 10.9. The molecule has 1 heterocycles. The van der Waals surface area contributed by atoms with Crippen LogP contribution in [0.25, 0.3) is 11.1 Å². The van der Waals surface area contributed by atoms with Crippen LogP contribution in [-0.4, -0.2) is 27.9 Å². The Morgan fingerprint density at radius 1 is 1.03 bits per heavy atom. The quantitative estimate of drug-likeness (QED) is 0.268. The number of amides is 2. The molecule has 10 heteroatoms. The van der Waals surface area contributed by atoms with Gasteiger partial charge < -0.3 is 14.8 Å². The van der Waals surface area contributed by atoms with Gasteiger partial charge in [-0.25, -0.2) is 0 Å². The molecule has 10 nitrogen and oxygen atoms in total. The SMILES string of the molecule is C[C@H](Nc1ccc(-c2ccoc2C(=O)NNC(=O)c2ccc(O)c([N+](=O)[O-])c2)cc1)C1CCCCC1. The zero-order valence-electron chi connectivity index (χ0n) is 19.8. The number of carbonyl (C=O) groups excluding carboxylic acids is 2. The third-order valence-electron chi connectivity index (χ3n) is 6.54. The van der Waals surface area contributed by atoms with Crippen LogP contribution in [0.4, 0.5) is 11.4 Å². The Hall–Kier alpha value is -4.34. The van der Waals surface area contributed by atoms with Crippen LogP contribution in [-0.2, 0) is 0 Å². The molecule has 1 aliphatic carbocycles. The fraction of sp³-hybridized carbons (Fsp3) is 0.308. The number of benzene rings is 2. The van der Waals surface area contributed by atoms with Gasteiger partial charge >= 0.3 is 11.6 Å². The highest BCUT2D eigenvalue weighted by Gasteiger charge is 2.22. The summed E-state index contributed by atoms with van der Waals surface area (Å²) < 4.78 is 5.36. The molecule has 0 spiro atoms. The Morgan fingerprint density at radius 2 is 1.72 bits per heavy atom. The molecule has 1 fully saturated rings. The summed E-state index contributed by atoms with van der Waals surface area (Å²) in [5.74, 6) is -1.37. The number of phenolic OH excluding ortho intramolecular Hbond substituents is 1. The molecule has 2 aromatic carbocycles. The number of nitro groups is 1. The largest absolute Gasteiger partial charge is 0.502 e. The summed E-state index contributed by atoms with van der Waals surface area (Å²) in [4.78, 5) is 35.2. The third-order valence-corrected chi connectivity index (χ3v) is 6.54. The van der Waals surface area contributed by atoms with E-state index in [2.05, 4.69) is 23.1 Å². The van der Waals surface area contributed by atoms with E-state index in [9.17, 15) is 24.8 Å². The number of nitro benzene ring substituents is 1. The van der Waals surface area contributed by atoms with Crippen LogP contribution in [0.5, 0.6) is 5.75 Å². The third kappa shape index (κ3) is 5.65. The topological polar surface area (TPSA) is 147 Å². The minimum absolute atomic E-state index is 0.00303. The first kappa shape index (κ1) is 24.8. The number of phenols is 1. The molecular weight excluding hydrogens is 464 g/mol. The second-order valence-electron chi connectivity index (χ2n) is 8.94. The average Bonchev–Trinajstić information content (AvgIpc) is 3.38. The molecule has 4 N–H and O–H groups in total. The molecule has 1 aromatic heterocycles. The Kier molecular flexibility index (Phi) is 7.53. The number of hydrazine groups is 1. The number of furan rings is 1. The second-order valence-corrected chi connectivity index (χ2v) is 8.94. The number of hydrogen-bond acceptors (Lipinski definition) is 7. The van der Waals surface area contributed by atoms with Gasteiger partial charge in [0.05, 0.1) is 11.2 Å².